The second kappa shape index (κ2) is 8.78. The predicted octanol–water partition coefficient (Wildman–Crippen LogP) is 2.74. The molecule has 0 bridgehead atoms. The Labute approximate surface area is 182 Å². The van der Waals surface area contributed by atoms with Gasteiger partial charge in [0.1, 0.15) is 4.21 Å². The topological polar surface area (TPSA) is 101 Å². The summed E-state index contributed by atoms with van der Waals surface area (Å²) in [6.07, 6.45) is 2.40. The van der Waals surface area contributed by atoms with Crippen LogP contribution < -0.4 is 5.32 Å². The molecule has 1 aliphatic rings. The smallest absolute Gasteiger partial charge is 0.252 e. The first-order chi connectivity index (χ1) is 14.0. The van der Waals surface area contributed by atoms with Gasteiger partial charge in [0.05, 0.1) is 16.9 Å². The lowest BCUT2D eigenvalue weighted by atomic mass is 9.98. The van der Waals surface area contributed by atoms with Gasteiger partial charge >= 0.3 is 0 Å². The second-order valence-corrected chi connectivity index (χ2v) is 13.1. The molecule has 1 aliphatic heterocycles. The summed E-state index contributed by atoms with van der Waals surface area (Å²) in [7, 11) is -6.87. The molecular formula is C20H26N2O5S3. The molecule has 1 fully saturated rings. The summed E-state index contributed by atoms with van der Waals surface area (Å²) in [5, 5.41) is 2.93. The van der Waals surface area contributed by atoms with Crippen LogP contribution in [-0.4, -0.2) is 46.4 Å². The van der Waals surface area contributed by atoms with Crippen molar-refractivity contribution in [2.75, 3.05) is 19.3 Å². The molecule has 7 nitrogen and oxygen atoms in total. The van der Waals surface area contributed by atoms with Crippen LogP contribution in [0.1, 0.15) is 36.2 Å². The van der Waals surface area contributed by atoms with E-state index in [0.717, 1.165) is 16.7 Å². The summed E-state index contributed by atoms with van der Waals surface area (Å²) in [5.41, 5.74) is 0.782. The van der Waals surface area contributed by atoms with Crippen molar-refractivity contribution in [1.82, 2.24) is 9.62 Å². The molecule has 2 heterocycles. The number of sulfonamides is 1. The molecule has 0 saturated carbocycles. The largest absolute Gasteiger partial charge is 0.349 e. The third-order valence-corrected chi connectivity index (χ3v) is 9.69. The quantitative estimate of drug-likeness (QED) is 0.700. The Morgan fingerprint density at radius 2 is 1.80 bits per heavy atom. The minimum Gasteiger partial charge on any atom is -0.349 e. The van der Waals surface area contributed by atoms with E-state index >= 15 is 0 Å². The van der Waals surface area contributed by atoms with Crippen LogP contribution in [0, 0.1) is 12.8 Å². The average molecular weight is 471 g/mol. The van der Waals surface area contributed by atoms with Gasteiger partial charge in [-0.3, -0.25) is 4.79 Å². The van der Waals surface area contributed by atoms with Gasteiger partial charge in [-0.1, -0.05) is 12.1 Å². The molecule has 1 amide bonds. The van der Waals surface area contributed by atoms with Crippen molar-refractivity contribution < 1.29 is 21.6 Å². The van der Waals surface area contributed by atoms with Gasteiger partial charge in [-0.15, -0.1) is 11.3 Å². The van der Waals surface area contributed by atoms with Gasteiger partial charge < -0.3 is 5.32 Å². The number of sulfone groups is 1. The van der Waals surface area contributed by atoms with Crippen LogP contribution in [-0.2, 0) is 24.7 Å². The Morgan fingerprint density at radius 1 is 1.13 bits per heavy atom. The van der Waals surface area contributed by atoms with E-state index in [-0.39, 0.29) is 23.4 Å². The Hall–Kier alpha value is -1.75. The van der Waals surface area contributed by atoms with Crippen molar-refractivity contribution in [2.24, 2.45) is 5.92 Å². The molecule has 1 saturated heterocycles. The first-order valence-electron chi connectivity index (χ1n) is 9.65. The molecule has 10 heteroatoms. The van der Waals surface area contributed by atoms with Crippen LogP contribution in [0.5, 0.6) is 0 Å². The second-order valence-electron chi connectivity index (χ2n) is 7.64. The summed E-state index contributed by atoms with van der Waals surface area (Å²) in [5.74, 6) is -0.621. The van der Waals surface area contributed by atoms with Crippen molar-refractivity contribution in [1.29, 1.82) is 0 Å². The van der Waals surface area contributed by atoms with E-state index in [1.54, 1.807) is 24.3 Å². The maximum Gasteiger partial charge on any atom is 0.252 e. The van der Waals surface area contributed by atoms with Crippen molar-refractivity contribution in [2.45, 2.75) is 41.8 Å². The van der Waals surface area contributed by atoms with E-state index in [1.165, 1.54) is 27.8 Å². The van der Waals surface area contributed by atoms with E-state index in [9.17, 15) is 21.6 Å². The summed E-state index contributed by atoms with van der Waals surface area (Å²) < 4.78 is 50.7. The monoisotopic (exact) mass is 470 g/mol. The average Bonchev–Trinajstić information content (AvgIpc) is 3.14. The lowest BCUT2D eigenvalue weighted by molar-refractivity contribution is -0.126. The van der Waals surface area contributed by atoms with E-state index in [0.29, 0.717) is 23.6 Å². The molecule has 2 atom stereocenters. The Morgan fingerprint density at radius 3 is 2.37 bits per heavy atom. The third kappa shape index (κ3) is 5.11. The van der Waals surface area contributed by atoms with Gasteiger partial charge in [0, 0.05) is 24.2 Å². The highest BCUT2D eigenvalue weighted by Gasteiger charge is 2.34. The minimum absolute atomic E-state index is 0.158. The Kier molecular flexibility index (Phi) is 6.71. The zero-order chi connectivity index (χ0) is 22.1. The summed E-state index contributed by atoms with van der Waals surface area (Å²) in [4.78, 5) is 13.9. The molecule has 1 aromatic heterocycles. The normalized spacial score (nSPS) is 19.4. The number of carbonyl (C=O) groups excluding carboxylic acids is 1. The van der Waals surface area contributed by atoms with Crippen LogP contribution in [0.25, 0.3) is 0 Å². The van der Waals surface area contributed by atoms with Crippen LogP contribution >= 0.6 is 11.3 Å². The minimum atomic E-state index is -3.59. The number of nitrogens with zero attached hydrogens (tertiary/aromatic N) is 1. The van der Waals surface area contributed by atoms with Crippen molar-refractivity contribution >= 4 is 37.1 Å². The lowest BCUT2D eigenvalue weighted by Crippen LogP contribution is -2.45. The number of benzene rings is 1. The standard InChI is InChI=1S/C20H26N2O5S3/c1-14-6-11-19(28-14)30(26,27)22-12-4-5-17(13-22)20(23)21-15(2)16-7-9-18(10-8-16)29(3,24)25/h6-11,15,17H,4-5,12-13H2,1-3H3,(H,21,23). The number of piperidine rings is 1. The molecule has 164 valence electrons. The fourth-order valence-corrected chi connectivity index (χ4v) is 7.06. The van der Waals surface area contributed by atoms with Crippen LogP contribution in [0.2, 0.25) is 0 Å². The number of thiophene rings is 1. The maximum atomic E-state index is 12.9. The fourth-order valence-electron chi connectivity index (χ4n) is 3.47. The fraction of sp³-hybridized carbons (Fsp3) is 0.450. The molecular weight excluding hydrogens is 444 g/mol. The number of hydrogen-bond donors (Lipinski definition) is 1. The van der Waals surface area contributed by atoms with Crippen LogP contribution in [0.15, 0.2) is 45.5 Å². The van der Waals surface area contributed by atoms with Gasteiger partial charge in [-0.2, -0.15) is 4.31 Å². The van der Waals surface area contributed by atoms with E-state index in [4.69, 9.17) is 0 Å². The predicted molar refractivity (Wildman–Crippen MR) is 117 cm³/mol. The summed E-state index contributed by atoms with van der Waals surface area (Å²) >= 11 is 1.24. The Balaban J connectivity index is 1.66. The van der Waals surface area contributed by atoms with Crippen molar-refractivity contribution in [3.8, 4) is 0 Å². The summed E-state index contributed by atoms with van der Waals surface area (Å²) in [6, 6.07) is 9.47. The SMILES string of the molecule is Cc1ccc(S(=O)(=O)N2CCCC(C(=O)NC(C)c3ccc(S(C)(=O)=O)cc3)C2)s1. The molecule has 0 spiro atoms. The van der Waals surface area contributed by atoms with Crippen LogP contribution in [0.3, 0.4) is 0 Å². The van der Waals surface area contributed by atoms with Crippen molar-refractivity contribution in [3.05, 3.63) is 46.8 Å². The first-order valence-corrected chi connectivity index (χ1v) is 13.8. The molecule has 2 aromatic rings. The summed E-state index contributed by atoms with van der Waals surface area (Å²) in [6.45, 7) is 4.25. The number of amides is 1. The van der Waals surface area contributed by atoms with Gasteiger partial charge in [-0.25, -0.2) is 16.8 Å². The maximum absolute atomic E-state index is 12.9. The Bertz CT molecular complexity index is 1120. The number of nitrogens with one attached hydrogen (secondary N) is 1. The van der Waals surface area contributed by atoms with Gasteiger partial charge in [-0.05, 0) is 56.5 Å². The third-order valence-electron chi connectivity index (χ3n) is 5.23. The molecule has 1 aromatic carbocycles. The molecule has 1 N–H and O–H groups in total. The van der Waals surface area contributed by atoms with Gasteiger partial charge in [0.25, 0.3) is 10.0 Å². The highest BCUT2D eigenvalue weighted by Crippen LogP contribution is 2.28. The molecule has 3 rings (SSSR count). The highest BCUT2D eigenvalue weighted by molar-refractivity contribution is 7.91. The lowest BCUT2D eigenvalue weighted by Gasteiger charge is -2.31. The first kappa shape index (κ1) is 22.9. The number of aryl methyl sites for hydroxylation is 1. The van der Waals surface area contributed by atoms with E-state index < -0.39 is 25.8 Å². The van der Waals surface area contributed by atoms with Gasteiger partial charge in [0.15, 0.2) is 9.84 Å². The molecule has 2 unspecified atom stereocenters. The number of hydrogen-bond acceptors (Lipinski definition) is 6. The molecule has 30 heavy (non-hydrogen) atoms. The zero-order valence-corrected chi connectivity index (χ0v) is 19.6. The van der Waals surface area contributed by atoms with Crippen LogP contribution in [0.4, 0.5) is 0 Å². The highest BCUT2D eigenvalue weighted by atomic mass is 32.2. The molecule has 0 radical (unpaired) electrons. The van der Waals surface area contributed by atoms with Gasteiger partial charge in [0.2, 0.25) is 5.91 Å². The number of carbonyl (C=O) groups is 1. The van der Waals surface area contributed by atoms with E-state index in [1.807, 2.05) is 13.8 Å². The number of rotatable bonds is 6. The molecule has 0 aliphatic carbocycles. The van der Waals surface area contributed by atoms with Crippen molar-refractivity contribution in [3.63, 3.8) is 0 Å². The zero-order valence-electron chi connectivity index (χ0n) is 17.2. The van der Waals surface area contributed by atoms with E-state index in [2.05, 4.69) is 5.32 Å².